The van der Waals surface area contributed by atoms with Gasteiger partial charge in [0.05, 0.1) is 0 Å². The van der Waals surface area contributed by atoms with E-state index in [-0.39, 0.29) is 46.5 Å². The molecule has 0 saturated carbocycles. The maximum Gasteiger partial charge on any atom is 3.00 e. The monoisotopic (exact) mass is 303 g/mol. The molecule has 0 saturated heterocycles. The van der Waals surface area contributed by atoms with Gasteiger partial charge in [0.2, 0.25) is 0 Å². The Morgan fingerprint density at radius 1 is 0.765 bits per heavy atom. The molecule has 1 radical (unpaired) electrons. The number of benzene rings is 1. The molecule has 0 bridgehead atoms. The first-order valence-corrected chi connectivity index (χ1v) is 5.15. The van der Waals surface area contributed by atoms with Crippen molar-refractivity contribution in [2.24, 2.45) is 0 Å². The van der Waals surface area contributed by atoms with Crippen LogP contribution in [0.1, 0.15) is 27.8 Å². The van der Waals surface area contributed by atoms with Crippen LogP contribution in [0.4, 0.5) is 0 Å². The predicted molar refractivity (Wildman–Crippen MR) is 63.2 cm³/mol. The van der Waals surface area contributed by atoms with Crippen LogP contribution in [0.25, 0.3) is 10.8 Å². The second-order valence-corrected chi connectivity index (χ2v) is 4.36. The quantitative estimate of drug-likeness (QED) is 0.394. The third kappa shape index (κ3) is 3.12. The topological polar surface area (TPSA) is 0 Å². The van der Waals surface area contributed by atoms with Gasteiger partial charge in [0.25, 0.3) is 0 Å². The largest absolute Gasteiger partial charge is 3.00 e. The van der Waals surface area contributed by atoms with Gasteiger partial charge in [-0.15, -0.1) is 28.0 Å². The van der Waals surface area contributed by atoms with E-state index in [1.807, 2.05) is 0 Å². The van der Waals surface area contributed by atoms with Crippen molar-refractivity contribution in [3.8, 4) is 0 Å². The molecule has 0 spiro atoms. The van der Waals surface area contributed by atoms with Gasteiger partial charge in [-0.25, -0.2) is 0 Å². The van der Waals surface area contributed by atoms with Gasteiger partial charge in [0, 0.05) is 0 Å². The summed E-state index contributed by atoms with van der Waals surface area (Å²) in [6.45, 7) is 11.1. The molecular formula is C14H17Cl2Ti. The van der Waals surface area contributed by atoms with Crippen molar-refractivity contribution < 1.29 is 46.5 Å². The fourth-order valence-electron chi connectivity index (χ4n) is 2.24. The minimum absolute atomic E-state index is 0. The van der Waals surface area contributed by atoms with Crippen LogP contribution in [-0.2, 0) is 21.7 Å². The first kappa shape index (κ1) is 19.5. The summed E-state index contributed by atoms with van der Waals surface area (Å²) in [6, 6.07) is 4.59. The van der Waals surface area contributed by atoms with Gasteiger partial charge in [0.1, 0.15) is 0 Å². The first-order chi connectivity index (χ1) is 6.52. The molecule has 2 rings (SSSR count). The van der Waals surface area contributed by atoms with Crippen molar-refractivity contribution in [3.63, 3.8) is 0 Å². The Labute approximate surface area is 131 Å². The predicted octanol–water partition coefficient (Wildman–Crippen LogP) is -1.89. The summed E-state index contributed by atoms with van der Waals surface area (Å²) in [4.78, 5) is 0. The molecule has 0 aliphatic heterocycles. The van der Waals surface area contributed by atoms with Gasteiger partial charge in [0.15, 0.2) is 0 Å². The van der Waals surface area contributed by atoms with Crippen LogP contribution in [0, 0.1) is 34.6 Å². The second kappa shape index (κ2) is 6.90. The fraction of sp³-hybridized carbons (Fsp3) is 0.357. The average molecular weight is 304 g/mol. The summed E-state index contributed by atoms with van der Waals surface area (Å²) in [5.74, 6) is 0. The minimum atomic E-state index is 0. The summed E-state index contributed by atoms with van der Waals surface area (Å²) >= 11 is 0. The van der Waals surface area contributed by atoms with Crippen LogP contribution in [0.2, 0.25) is 0 Å². The van der Waals surface area contributed by atoms with Crippen molar-refractivity contribution in [2.75, 3.05) is 0 Å². The van der Waals surface area contributed by atoms with Gasteiger partial charge >= 0.3 is 21.7 Å². The van der Waals surface area contributed by atoms with E-state index in [0.29, 0.717) is 0 Å². The van der Waals surface area contributed by atoms with E-state index < -0.39 is 0 Å². The Kier molecular flexibility index (Phi) is 7.90. The third-order valence-electron chi connectivity index (χ3n) is 3.53. The molecule has 0 aliphatic carbocycles. The number of hydrogen-bond acceptors (Lipinski definition) is 0. The molecule has 0 aromatic heterocycles. The fourth-order valence-corrected chi connectivity index (χ4v) is 2.24. The molecule has 0 amide bonds. The molecule has 0 unspecified atom stereocenters. The molecule has 0 aliphatic rings. The van der Waals surface area contributed by atoms with E-state index in [9.17, 15) is 0 Å². The average Bonchev–Trinajstić information content (AvgIpc) is 2.54. The van der Waals surface area contributed by atoms with Crippen LogP contribution < -0.4 is 24.8 Å². The van der Waals surface area contributed by atoms with Gasteiger partial charge in [-0.2, -0.15) is 6.07 Å². The molecule has 3 heteroatoms. The molecular weight excluding hydrogens is 287 g/mol. The maximum absolute atomic E-state index is 2.30. The normalized spacial score (nSPS) is 9.24. The molecule has 0 nitrogen and oxygen atoms in total. The zero-order valence-corrected chi connectivity index (χ0v) is 14.0. The molecule has 17 heavy (non-hydrogen) atoms. The zero-order chi connectivity index (χ0) is 10.5. The van der Waals surface area contributed by atoms with Gasteiger partial charge < -0.3 is 24.8 Å². The molecule has 91 valence electrons. The Balaban J connectivity index is 0. The van der Waals surface area contributed by atoms with Crippen molar-refractivity contribution in [2.45, 2.75) is 34.6 Å². The summed E-state index contributed by atoms with van der Waals surface area (Å²) in [6.07, 6.45) is 0. The summed E-state index contributed by atoms with van der Waals surface area (Å²) in [7, 11) is 0. The Hall–Kier alpha value is 0.124. The molecule has 2 aromatic carbocycles. The van der Waals surface area contributed by atoms with Crippen molar-refractivity contribution >= 4 is 10.8 Å². The van der Waals surface area contributed by atoms with E-state index in [4.69, 9.17) is 0 Å². The Morgan fingerprint density at radius 3 is 1.76 bits per heavy atom. The number of hydrogen-bond donors (Lipinski definition) is 0. The van der Waals surface area contributed by atoms with E-state index in [1.165, 1.54) is 38.6 Å². The number of fused-ring (bicyclic) bond motifs is 1. The van der Waals surface area contributed by atoms with E-state index in [2.05, 4.69) is 46.8 Å². The third-order valence-corrected chi connectivity index (χ3v) is 3.53. The molecule has 0 fully saturated rings. The standard InChI is InChI=1S/C14H17.2ClH.Ti/c1-8-6-13-11(4)9(2)10(3)12(5)14(13)7-8;;;/h6-7H,1-5H3;2*1H;/q-1;;;+3/p-2. The van der Waals surface area contributed by atoms with Crippen LogP contribution >= 0.6 is 0 Å². The van der Waals surface area contributed by atoms with Gasteiger partial charge in [-0.1, -0.05) is 30.5 Å². The smallest absolute Gasteiger partial charge is 1.00 e. The maximum atomic E-state index is 2.30. The number of rotatable bonds is 0. The zero-order valence-electron chi connectivity index (χ0n) is 10.9. The summed E-state index contributed by atoms with van der Waals surface area (Å²) in [5, 5.41) is 2.87. The SMILES string of the molecule is Cc1cc2c(C)c(C)c(C)c(C)c2[cH-]1.[Cl-].[Cl-].[Ti+3]. The minimum Gasteiger partial charge on any atom is -1.00 e. The Morgan fingerprint density at radius 2 is 1.24 bits per heavy atom. The van der Waals surface area contributed by atoms with Crippen molar-refractivity contribution in [3.05, 3.63) is 39.9 Å². The van der Waals surface area contributed by atoms with Crippen LogP contribution in [0.3, 0.4) is 0 Å². The van der Waals surface area contributed by atoms with Crippen molar-refractivity contribution in [1.29, 1.82) is 0 Å². The molecule has 0 N–H and O–H groups in total. The van der Waals surface area contributed by atoms with Crippen LogP contribution in [0.15, 0.2) is 12.1 Å². The van der Waals surface area contributed by atoms with Crippen LogP contribution in [0.5, 0.6) is 0 Å². The molecule has 0 atom stereocenters. The molecule has 0 heterocycles. The summed E-state index contributed by atoms with van der Waals surface area (Å²) in [5.41, 5.74) is 7.14. The van der Waals surface area contributed by atoms with Crippen molar-refractivity contribution in [1.82, 2.24) is 0 Å². The number of aryl methyl sites for hydroxylation is 3. The number of halogens is 2. The van der Waals surface area contributed by atoms with Crippen LogP contribution in [-0.4, -0.2) is 0 Å². The van der Waals surface area contributed by atoms with Gasteiger partial charge in [-0.05, 0) is 20.8 Å². The second-order valence-electron chi connectivity index (χ2n) is 4.36. The van der Waals surface area contributed by atoms with E-state index in [1.54, 1.807) is 0 Å². The van der Waals surface area contributed by atoms with Gasteiger partial charge in [-0.3, -0.25) is 0 Å². The first-order valence-electron chi connectivity index (χ1n) is 5.15. The van der Waals surface area contributed by atoms with E-state index in [0.717, 1.165) is 0 Å². The van der Waals surface area contributed by atoms with E-state index >= 15 is 0 Å². The summed E-state index contributed by atoms with van der Waals surface area (Å²) < 4.78 is 0. The Bertz CT molecular complexity index is 468. The molecule has 2 aromatic rings.